The van der Waals surface area contributed by atoms with Gasteiger partial charge in [-0.05, 0) is 117 Å². The smallest absolute Gasteiger partial charge is 0.382 e. The molecule has 11 nitrogen and oxygen atoms in total. The van der Waals surface area contributed by atoms with Crippen molar-refractivity contribution in [3.63, 3.8) is 0 Å². The molecular formula is C58H52F8N8O3S2. The van der Waals surface area contributed by atoms with Gasteiger partial charge in [-0.1, -0.05) is 48.5 Å². The molecule has 2 saturated carbocycles. The van der Waals surface area contributed by atoms with Crippen LogP contribution in [0.25, 0.3) is 33.8 Å². The fourth-order valence-electron chi connectivity index (χ4n) is 9.55. The number of anilines is 2. The number of carbonyl (C=O) groups is 3. The van der Waals surface area contributed by atoms with Crippen molar-refractivity contribution in [3.05, 3.63) is 166 Å². The largest absolute Gasteiger partial charge is 0.390 e. The van der Waals surface area contributed by atoms with Gasteiger partial charge in [-0.3, -0.25) is 14.4 Å². The highest BCUT2D eigenvalue weighted by Crippen LogP contribution is 2.56. The maximum absolute atomic E-state index is 14.4. The zero-order valence-corrected chi connectivity index (χ0v) is 44.4. The number of halogens is 8. The van der Waals surface area contributed by atoms with E-state index in [1.807, 2.05) is 44.2 Å². The van der Waals surface area contributed by atoms with Gasteiger partial charge in [-0.25, -0.2) is 27.8 Å². The monoisotopic (exact) mass is 1120 g/mol. The van der Waals surface area contributed by atoms with Gasteiger partial charge >= 0.3 is 12.4 Å². The second-order valence-corrected chi connectivity index (χ2v) is 23.0. The molecule has 3 aliphatic rings. The Balaban J connectivity index is 0.000000179. The molecule has 4 aromatic heterocycles. The maximum atomic E-state index is 14.4. The first kappa shape index (κ1) is 55.2. The fraction of sp³-hybridized carbons (Fsp3) is 0.328. The molecule has 0 atom stereocenters. The lowest BCUT2D eigenvalue weighted by molar-refractivity contribution is -0.132. The van der Waals surface area contributed by atoms with Crippen LogP contribution in [0.5, 0.6) is 0 Å². The van der Waals surface area contributed by atoms with Crippen molar-refractivity contribution in [2.24, 2.45) is 11.8 Å². The standard InChI is InChI=1S/C30H28F4N4OS2.C28H24F4N4O2/c1-18-13-20(7-8-23(18)26(39)14-19-5-6-19)25-17-36-28-24(35-10-9-29(32,33)34)16-27(37-38(25)28)30(40-11-12-41-30)21-3-2-4-22(31)15-21;1-16-11-18(7-8-21(16)25(37)12-17-5-6-17)24-15-34-27-23(33-10-9-28(30,31)32)14-22(35-36(24)27)26(38)19-3-2-4-20(29)13-19/h2-4,7-8,13,15-17,19,35H,5-6,9-12,14H2,1H3;2-4,7-8,11,13-15,17,33H,5-6,9-10,12H2,1H3. The zero-order valence-electron chi connectivity index (χ0n) is 42.8. The summed E-state index contributed by atoms with van der Waals surface area (Å²) in [7, 11) is 0. The van der Waals surface area contributed by atoms with Crippen molar-refractivity contribution in [2.75, 3.05) is 35.2 Å². The Labute approximate surface area is 457 Å². The summed E-state index contributed by atoms with van der Waals surface area (Å²) in [5, 5.41) is 15.1. The minimum atomic E-state index is -4.37. The van der Waals surface area contributed by atoms with Gasteiger partial charge < -0.3 is 10.6 Å². The van der Waals surface area contributed by atoms with E-state index in [1.165, 1.54) is 47.1 Å². The number of alkyl halides is 6. The summed E-state index contributed by atoms with van der Waals surface area (Å²) in [5.41, 5.74) is 8.04. The van der Waals surface area contributed by atoms with Gasteiger partial charge in [0.05, 0.1) is 53.7 Å². The van der Waals surface area contributed by atoms with Crippen LogP contribution < -0.4 is 10.6 Å². The molecule has 2 N–H and O–H groups in total. The number of hydrogen-bond acceptors (Lipinski definition) is 11. The molecule has 410 valence electrons. The van der Waals surface area contributed by atoms with Crippen LogP contribution in [0.15, 0.2) is 109 Å². The van der Waals surface area contributed by atoms with Crippen LogP contribution in [-0.2, 0) is 4.08 Å². The van der Waals surface area contributed by atoms with Crippen LogP contribution in [0.3, 0.4) is 0 Å². The van der Waals surface area contributed by atoms with Crippen LogP contribution >= 0.6 is 23.5 Å². The Hall–Kier alpha value is -7.13. The van der Waals surface area contributed by atoms with Gasteiger partial charge in [0, 0.05) is 65.3 Å². The lowest BCUT2D eigenvalue weighted by atomic mass is 9.98. The highest BCUT2D eigenvalue weighted by molar-refractivity contribution is 8.20. The number of thioether (sulfide) groups is 2. The van der Waals surface area contributed by atoms with E-state index >= 15 is 0 Å². The molecule has 1 aliphatic heterocycles. The van der Waals surface area contributed by atoms with Crippen LogP contribution in [0.4, 0.5) is 46.5 Å². The summed E-state index contributed by atoms with van der Waals surface area (Å²) in [6.45, 7) is 2.98. The van der Waals surface area contributed by atoms with Gasteiger partial charge in [0.25, 0.3) is 0 Å². The summed E-state index contributed by atoms with van der Waals surface area (Å²) >= 11 is 3.25. The minimum absolute atomic E-state index is 0.0501. The predicted molar refractivity (Wildman–Crippen MR) is 290 cm³/mol. The van der Waals surface area contributed by atoms with Gasteiger partial charge in [0.1, 0.15) is 21.4 Å². The van der Waals surface area contributed by atoms with Gasteiger partial charge in [0.15, 0.2) is 22.9 Å². The number of Topliss-reactive ketones (excluding diaryl/α,β-unsaturated/α-hetero) is 2. The van der Waals surface area contributed by atoms with Crippen LogP contribution in [0, 0.1) is 37.3 Å². The molecular weight excluding hydrogens is 1070 g/mol. The van der Waals surface area contributed by atoms with Crippen LogP contribution in [0.1, 0.15) is 111 Å². The zero-order chi connectivity index (χ0) is 55.8. The first-order valence-corrected chi connectivity index (χ1v) is 27.7. The molecule has 79 heavy (non-hydrogen) atoms. The van der Waals surface area contributed by atoms with Crippen molar-refractivity contribution >= 4 is 63.5 Å². The van der Waals surface area contributed by atoms with E-state index in [9.17, 15) is 49.5 Å². The molecule has 1 saturated heterocycles. The number of nitrogens with zero attached hydrogens (tertiary/aromatic N) is 6. The Bertz CT molecular complexity index is 3620. The Morgan fingerprint density at radius 3 is 1.59 bits per heavy atom. The van der Waals surface area contributed by atoms with E-state index in [0.29, 0.717) is 69.8 Å². The number of ketones is 3. The van der Waals surface area contributed by atoms with E-state index < -0.39 is 47.4 Å². The van der Waals surface area contributed by atoms with E-state index in [0.717, 1.165) is 65.5 Å². The molecule has 5 heterocycles. The average molecular weight is 1130 g/mol. The third-order valence-corrected chi connectivity index (χ3v) is 17.4. The third-order valence-electron chi connectivity index (χ3n) is 13.9. The van der Waals surface area contributed by atoms with E-state index in [1.54, 1.807) is 58.5 Å². The lowest BCUT2D eigenvalue weighted by Gasteiger charge is -2.28. The molecule has 8 aromatic rings. The number of aryl methyl sites for hydroxylation is 2. The highest BCUT2D eigenvalue weighted by Gasteiger charge is 2.42. The summed E-state index contributed by atoms with van der Waals surface area (Å²) in [4.78, 5) is 47.5. The summed E-state index contributed by atoms with van der Waals surface area (Å²) in [5.74, 6) is 1.23. The Kier molecular flexibility index (Phi) is 15.8. The fourth-order valence-corrected chi connectivity index (χ4v) is 12.7. The number of benzene rings is 4. The number of aromatic nitrogens is 6. The molecule has 21 heteroatoms. The molecule has 0 radical (unpaired) electrons. The van der Waals surface area contributed by atoms with Crippen molar-refractivity contribution in [3.8, 4) is 22.5 Å². The van der Waals surface area contributed by atoms with E-state index in [2.05, 4.69) is 25.7 Å². The normalized spacial score (nSPS) is 15.3. The number of imidazole rings is 2. The molecule has 0 spiro atoms. The Morgan fingerprint density at radius 1 is 0.620 bits per heavy atom. The first-order chi connectivity index (χ1) is 37.7. The minimum Gasteiger partial charge on any atom is -0.382 e. The molecule has 0 amide bonds. The number of fused-ring (bicyclic) bond motifs is 2. The lowest BCUT2D eigenvalue weighted by Crippen LogP contribution is -2.21. The summed E-state index contributed by atoms with van der Waals surface area (Å²) < 4.78 is 108. The second kappa shape index (κ2) is 22.5. The maximum Gasteiger partial charge on any atom is 0.390 e. The first-order valence-electron chi connectivity index (χ1n) is 25.7. The SMILES string of the molecule is Cc1cc(-c2cnc3c(NCCC(F)(F)F)cc(C(=O)c4cccc(F)c4)nn23)ccc1C(=O)CC1CC1.Cc1cc(-c2cnc3c(NCCC(F)(F)F)cc(C4(c5cccc(F)c5)SCCS4)nn23)ccc1C(=O)CC1CC1. The molecule has 4 aromatic carbocycles. The summed E-state index contributed by atoms with van der Waals surface area (Å²) in [6.07, 6.45) is -2.17. The quantitative estimate of drug-likeness (QED) is 0.0628. The molecule has 11 rings (SSSR count). The van der Waals surface area contributed by atoms with Crippen molar-refractivity contribution in [1.82, 2.24) is 29.2 Å². The van der Waals surface area contributed by atoms with Crippen LogP contribution in [0.2, 0.25) is 0 Å². The highest BCUT2D eigenvalue weighted by atomic mass is 32.2. The molecule has 0 unspecified atom stereocenters. The van der Waals surface area contributed by atoms with Gasteiger partial charge in [-0.2, -0.15) is 36.5 Å². The van der Waals surface area contributed by atoms with Crippen LogP contribution in [-0.4, -0.2) is 83.5 Å². The topological polar surface area (TPSA) is 136 Å². The Morgan fingerprint density at radius 2 is 1.11 bits per heavy atom. The van der Waals surface area contributed by atoms with Gasteiger partial charge in [0.2, 0.25) is 5.78 Å². The van der Waals surface area contributed by atoms with E-state index in [-0.39, 0.29) is 46.5 Å². The average Bonchev–Trinajstić information content (AvgIpc) is 4.45. The molecule has 2 aliphatic carbocycles. The van der Waals surface area contributed by atoms with Gasteiger partial charge in [-0.15, -0.1) is 23.5 Å². The second-order valence-electron chi connectivity index (χ2n) is 20.1. The summed E-state index contributed by atoms with van der Waals surface area (Å²) in [6, 6.07) is 25.5. The van der Waals surface area contributed by atoms with E-state index in [4.69, 9.17) is 5.10 Å². The van der Waals surface area contributed by atoms with Crippen molar-refractivity contribution in [2.45, 2.75) is 81.6 Å². The number of carbonyl (C=O) groups excluding carboxylic acids is 3. The number of hydrogen-bond donors (Lipinski definition) is 2. The third kappa shape index (κ3) is 12.8. The van der Waals surface area contributed by atoms with Crippen molar-refractivity contribution < 1.29 is 49.5 Å². The molecule has 3 fully saturated rings. The molecule has 0 bridgehead atoms. The number of rotatable bonds is 18. The van der Waals surface area contributed by atoms with Crippen molar-refractivity contribution in [1.29, 1.82) is 0 Å². The predicted octanol–water partition coefficient (Wildman–Crippen LogP) is 14.3. The number of nitrogens with one attached hydrogen (secondary N) is 2.